The highest BCUT2D eigenvalue weighted by molar-refractivity contribution is 6.53. The van der Waals surface area contributed by atoms with Crippen LogP contribution in [0, 0.1) is 0 Å². The Morgan fingerprint density at radius 3 is 1.90 bits per heavy atom. The molecule has 0 unspecified atom stereocenters. The van der Waals surface area contributed by atoms with Crippen molar-refractivity contribution in [2.45, 2.75) is 64.6 Å². The number of piperidine rings is 1. The van der Waals surface area contributed by atoms with E-state index in [0.29, 0.717) is 19.4 Å². The van der Waals surface area contributed by atoms with Crippen molar-refractivity contribution >= 4 is 9.05 Å². The lowest BCUT2D eigenvalue weighted by Crippen LogP contribution is -2.62. The summed E-state index contributed by atoms with van der Waals surface area (Å²) in [5, 5.41) is 11.7. The Kier molecular flexibility index (Phi) is 5.76. The second-order valence-electron chi connectivity index (χ2n) is 6.43. The molecule has 0 saturated carbocycles. The minimum absolute atomic E-state index is 0.0819. The van der Waals surface area contributed by atoms with Gasteiger partial charge in [-0.2, -0.15) is 5.06 Å². The fourth-order valence-corrected chi connectivity index (χ4v) is 4.57. The molecular formula is C13H29NO5Si. The second-order valence-corrected chi connectivity index (χ2v) is 8.77. The monoisotopic (exact) mass is 307 g/mol. The average Bonchev–Trinajstić information content (AvgIpc) is 2.34. The first kappa shape index (κ1) is 18.0. The minimum Gasteiger partial charge on any atom is -0.355 e. The van der Waals surface area contributed by atoms with Crippen molar-refractivity contribution in [2.24, 2.45) is 0 Å². The highest BCUT2D eigenvalue weighted by Crippen LogP contribution is 2.38. The minimum atomic E-state index is -3.08. The molecule has 1 N–H and O–H groups in total. The van der Waals surface area contributed by atoms with Crippen LogP contribution in [-0.4, -0.2) is 57.3 Å². The van der Waals surface area contributed by atoms with Crippen molar-refractivity contribution in [1.29, 1.82) is 0 Å². The van der Waals surface area contributed by atoms with E-state index < -0.39 is 9.05 Å². The molecule has 1 aliphatic heterocycles. The molecule has 6 nitrogen and oxygen atoms in total. The van der Waals surface area contributed by atoms with Crippen LogP contribution in [0.1, 0.15) is 47.5 Å². The Morgan fingerprint density at radius 2 is 1.55 bits per heavy atom. The molecule has 0 aromatic rings. The zero-order valence-corrected chi connectivity index (χ0v) is 14.7. The summed E-state index contributed by atoms with van der Waals surface area (Å²) in [7, 11) is 0.0109. The van der Waals surface area contributed by atoms with Gasteiger partial charge in [0.2, 0.25) is 0 Å². The van der Waals surface area contributed by atoms with E-state index in [9.17, 15) is 5.21 Å². The van der Waals surface area contributed by atoms with Crippen LogP contribution >= 0.6 is 0 Å². The van der Waals surface area contributed by atoms with E-state index >= 15 is 0 Å². The van der Waals surface area contributed by atoms with Crippen molar-refractivity contribution in [3.63, 3.8) is 0 Å². The molecule has 0 spiro atoms. The van der Waals surface area contributed by atoms with E-state index in [1.165, 1.54) is 5.06 Å². The summed E-state index contributed by atoms with van der Waals surface area (Å²) in [5.74, 6) is 0. The topological polar surface area (TPSA) is 60.4 Å². The smallest absolute Gasteiger partial charge is 0.355 e. The van der Waals surface area contributed by atoms with Gasteiger partial charge in [-0.15, -0.1) is 0 Å². The molecule has 1 saturated heterocycles. The van der Waals surface area contributed by atoms with Gasteiger partial charge in [0.25, 0.3) is 0 Å². The number of nitrogens with zero attached hydrogens (tertiary/aromatic N) is 1. The Balaban J connectivity index is 2.86. The molecule has 0 amide bonds. The van der Waals surface area contributed by atoms with Crippen LogP contribution in [-0.2, 0) is 17.7 Å². The van der Waals surface area contributed by atoms with Gasteiger partial charge in [-0.3, -0.25) is 0 Å². The van der Waals surface area contributed by atoms with Gasteiger partial charge in [-0.05, 0) is 47.5 Å². The fraction of sp³-hybridized carbons (Fsp3) is 1.00. The molecule has 0 aromatic carbocycles. The molecule has 0 aliphatic carbocycles. The summed E-state index contributed by atoms with van der Waals surface area (Å²) >= 11 is 0. The second kappa shape index (κ2) is 6.39. The van der Waals surface area contributed by atoms with E-state index in [1.54, 1.807) is 14.2 Å². The first-order valence-corrected chi connectivity index (χ1v) is 8.67. The van der Waals surface area contributed by atoms with Crippen LogP contribution in [0.5, 0.6) is 0 Å². The van der Waals surface area contributed by atoms with E-state index in [1.807, 2.05) is 34.6 Å². The summed E-state index contributed by atoms with van der Waals surface area (Å²) in [6.45, 7) is 10.3. The highest BCUT2D eigenvalue weighted by Gasteiger charge is 2.51. The van der Waals surface area contributed by atoms with Crippen molar-refractivity contribution in [1.82, 2.24) is 5.06 Å². The van der Waals surface area contributed by atoms with Crippen molar-refractivity contribution < 1.29 is 22.9 Å². The summed E-state index contributed by atoms with van der Waals surface area (Å²) < 4.78 is 22.4. The van der Waals surface area contributed by atoms with Crippen LogP contribution in [0.15, 0.2) is 0 Å². The normalized spacial score (nSPS) is 24.0. The van der Waals surface area contributed by atoms with Gasteiger partial charge in [-0.25, -0.2) is 0 Å². The molecule has 1 heterocycles. The van der Waals surface area contributed by atoms with Crippen LogP contribution < -0.4 is 0 Å². The Labute approximate surface area is 123 Å². The molecule has 0 bridgehead atoms. The van der Waals surface area contributed by atoms with Crippen LogP contribution in [0.3, 0.4) is 0 Å². The zero-order chi connectivity index (χ0) is 15.6. The van der Waals surface area contributed by atoms with Crippen LogP contribution in [0.2, 0.25) is 0 Å². The predicted molar refractivity (Wildman–Crippen MR) is 77.3 cm³/mol. The first-order valence-electron chi connectivity index (χ1n) is 7.04. The average molecular weight is 307 g/mol. The lowest BCUT2D eigenvalue weighted by Gasteiger charge is -2.51. The third-order valence-electron chi connectivity index (χ3n) is 3.73. The van der Waals surface area contributed by atoms with Gasteiger partial charge >= 0.3 is 9.05 Å². The van der Waals surface area contributed by atoms with Gasteiger partial charge in [-0.1, -0.05) is 0 Å². The lowest BCUT2D eigenvalue weighted by atomic mass is 9.80. The largest absolute Gasteiger partial charge is 0.679 e. The van der Waals surface area contributed by atoms with Crippen molar-refractivity contribution in [3.05, 3.63) is 0 Å². The predicted octanol–water partition coefficient (Wildman–Crippen LogP) is 2.18. The number of hydrogen-bond acceptors (Lipinski definition) is 6. The van der Waals surface area contributed by atoms with Gasteiger partial charge in [0, 0.05) is 31.9 Å². The Morgan fingerprint density at radius 1 is 1.10 bits per heavy atom. The van der Waals surface area contributed by atoms with Gasteiger partial charge < -0.3 is 22.9 Å². The van der Waals surface area contributed by atoms with E-state index in [-0.39, 0.29) is 17.2 Å². The zero-order valence-electron chi connectivity index (χ0n) is 13.7. The van der Waals surface area contributed by atoms with Gasteiger partial charge in [0.15, 0.2) is 0 Å². The standard InChI is InChI=1S/C13H29NO5Si/c1-8-18-20(16-6,17-7)19-11-9-12(2,3)14(15)13(4,5)10-11/h11,15H,8-10H2,1-7H3. The molecule has 0 atom stereocenters. The quantitative estimate of drug-likeness (QED) is 0.759. The van der Waals surface area contributed by atoms with E-state index in [4.69, 9.17) is 17.7 Å². The molecule has 0 radical (unpaired) electrons. The van der Waals surface area contributed by atoms with Crippen molar-refractivity contribution in [3.8, 4) is 0 Å². The summed E-state index contributed by atoms with van der Waals surface area (Å²) in [6, 6.07) is 0. The van der Waals surface area contributed by atoms with E-state index in [0.717, 1.165) is 0 Å². The molecule has 1 aliphatic rings. The van der Waals surface area contributed by atoms with Crippen LogP contribution in [0.25, 0.3) is 0 Å². The number of hydrogen-bond donors (Lipinski definition) is 1. The Bertz CT molecular complexity index is 302. The molecule has 1 fully saturated rings. The third kappa shape index (κ3) is 3.79. The maximum atomic E-state index is 10.3. The molecule has 120 valence electrons. The van der Waals surface area contributed by atoms with E-state index in [2.05, 4.69) is 0 Å². The molecule has 20 heavy (non-hydrogen) atoms. The third-order valence-corrected chi connectivity index (χ3v) is 6.00. The summed E-state index contributed by atoms with van der Waals surface area (Å²) in [5.41, 5.74) is -0.749. The number of rotatable bonds is 6. The Hall–Kier alpha value is -0.0231. The van der Waals surface area contributed by atoms with Gasteiger partial charge in [0.1, 0.15) is 0 Å². The fourth-order valence-electron chi connectivity index (χ4n) is 2.97. The highest BCUT2D eigenvalue weighted by atomic mass is 28.4. The number of hydroxylamine groups is 2. The first-order chi connectivity index (χ1) is 9.12. The van der Waals surface area contributed by atoms with Crippen LogP contribution in [0.4, 0.5) is 0 Å². The maximum Gasteiger partial charge on any atom is 0.679 e. The molecule has 1 rings (SSSR count). The SMILES string of the molecule is CCO[Si](OC)(OC)OC1CC(C)(C)N(O)C(C)(C)C1. The molecule has 7 heteroatoms. The van der Waals surface area contributed by atoms with Crippen molar-refractivity contribution in [2.75, 3.05) is 20.8 Å². The molecular weight excluding hydrogens is 278 g/mol. The lowest BCUT2D eigenvalue weighted by molar-refractivity contribution is -0.259. The summed E-state index contributed by atoms with van der Waals surface area (Å²) in [6.07, 6.45) is 1.28. The van der Waals surface area contributed by atoms with Gasteiger partial charge in [0.05, 0.1) is 6.10 Å². The molecule has 0 aromatic heterocycles. The summed E-state index contributed by atoms with van der Waals surface area (Å²) in [4.78, 5) is 0. The maximum absolute atomic E-state index is 10.3.